The fourth-order valence-corrected chi connectivity index (χ4v) is 13.1. The standard InChI is InChI=1S/C76H48N6/c1-5-21-49(22-6-1)53-41-54(50-23-7-2-8-24-50)43-57(42-53)81-70-35-19-15-31-60(70)64-47-75-65(46-74(64)81)61-32-16-20-36-71(61)82(75)76-77-66(51-37-39-72-62(44-51)58-29-13-17-33-68(58)79(72)55-25-9-3-10-26-55)48-67(78-76)52-38-40-73-63(45-52)59-30-14-18-34-69(59)80(73)56-27-11-4-12-28-56/h1-48H. The van der Waals surface area contributed by atoms with E-state index in [1.807, 2.05) is 0 Å². The van der Waals surface area contributed by atoms with Crippen molar-refractivity contribution in [3.05, 3.63) is 291 Å². The van der Waals surface area contributed by atoms with Crippen molar-refractivity contribution in [1.29, 1.82) is 0 Å². The van der Waals surface area contributed by atoms with E-state index in [4.69, 9.17) is 9.97 Å². The van der Waals surface area contributed by atoms with Crippen LogP contribution in [0.4, 0.5) is 0 Å². The number of aromatic nitrogens is 6. The number of rotatable bonds is 8. The van der Waals surface area contributed by atoms with Gasteiger partial charge in [0.05, 0.1) is 55.5 Å². The molecule has 0 aliphatic rings. The molecule has 0 fully saturated rings. The summed E-state index contributed by atoms with van der Waals surface area (Å²) in [6, 6.07) is 105. The van der Waals surface area contributed by atoms with Crippen molar-refractivity contribution in [3.8, 4) is 67.8 Å². The lowest BCUT2D eigenvalue weighted by Crippen LogP contribution is -2.04. The summed E-state index contributed by atoms with van der Waals surface area (Å²) in [5, 5.41) is 9.26. The Morgan fingerprint density at radius 3 is 0.939 bits per heavy atom. The van der Waals surface area contributed by atoms with Gasteiger partial charge in [0.25, 0.3) is 0 Å². The predicted octanol–water partition coefficient (Wildman–Crippen LogP) is 19.5. The van der Waals surface area contributed by atoms with Gasteiger partial charge in [0, 0.05) is 71.3 Å². The molecule has 382 valence electrons. The summed E-state index contributed by atoms with van der Waals surface area (Å²) >= 11 is 0. The highest BCUT2D eigenvalue weighted by Crippen LogP contribution is 2.43. The van der Waals surface area contributed by atoms with Crippen molar-refractivity contribution < 1.29 is 0 Å². The molecule has 0 amide bonds. The van der Waals surface area contributed by atoms with E-state index < -0.39 is 0 Å². The van der Waals surface area contributed by atoms with Crippen LogP contribution >= 0.6 is 0 Å². The van der Waals surface area contributed by atoms with Gasteiger partial charge in [0.1, 0.15) is 0 Å². The van der Waals surface area contributed by atoms with Gasteiger partial charge in [-0.25, -0.2) is 9.97 Å². The summed E-state index contributed by atoms with van der Waals surface area (Å²) < 4.78 is 9.49. The number of fused-ring (bicyclic) bond motifs is 12. The molecule has 82 heavy (non-hydrogen) atoms. The van der Waals surface area contributed by atoms with Crippen molar-refractivity contribution in [2.75, 3.05) is 0 Å². The van der Waals surface area contributed by atoms with Crippen LogP contribution in [0.3, 0.4) is 0 Å². The predicted molar refractivity (Wildman–Crippen MR) is 341 cm³/mol. The summed E-state index contributed by atoms with van der Waals surface area (Å²) in [6.07, 6.45) is 0. The second kappa shape index (κ2) is 18.2. The van der Waals surface area contributed by atoms with E-state index in [9.17, 15) is 0 Å². The largest absolute Gasteiger partial charge is 0.309 e. The molecule has 0 N–H and O–H groups in total. The van der Waals surface area contributed by atoms with Crippen molar-refractivity contribution >= 4 is 87.2 Å². The van der Waals surface area contributed by atoms with Crippen LogP contribution in [0.1, 0.15) is 0 Å². The van der Waals surface area contributed by atoms with Gasteiger partial charge in [-0.05, 0) is 131 Å². The lowest BCUT2D eigenvalue weighted by molar-refractivity contribution is 0.996. The van der Waals surface area contributed by atoms with Gasteiger partial charge >= 0.3 is 0 Å². The lowest BCUT2D eigenvalue weighted by Gasteiger charge is -2.14. The fourth-order valence-electron chi connectivity index (χ4n) is 13.1. The number of para-hydroxylation sites is 6. The molecule has 0 bridgehead atoms. The molecule has 0 atom stereocenters. The van der Waals surface area contributed by atoms with Gasteiger partial charge in [0.2, 0.25) is 5.95 Å². The van der Waals surface area contributed by atoms with E-state index in [0.29, 0.717) is 5.95 Å². The molecule has 12 aromatic carbocycles. The first-order valence-electron chi connectivity index (χ1n) is 28.0. The second-order valence-corrected chi connectivity index (χ2v) is 21.4. The van der Waals surface area contributed by atoms with Crippen LogP contribution < -0.4 is 0 Å². The molecule has 0 spiro atoms. The van der Waals surface area contributed by atoms with Crippen molar-refractivity contribution in [2.24, 2.45) is 0 Å². The highest BCUT2D eigenvalue weighted by molar-refractivity contribution is 6.19. The number of nitrogens with zero attached hydrogens (tertiary/aromatic N) is 6. The molecule has 0 aliphatic heterocycles. The quantitative estimate of drug-likeness (QED) is 0.152. The number of benzene rings is 12. The highest BCUT2D eigenvalue weighted by atomic mass is 15.2. The minimum absolute atomic E-state index is 0.600. The average molecular weight is 1050 g/mol. The van der Waals surface area contributed by atoms with Crippen LogP contribution in [-0.4, -0.2) is 28.2 Å². The maximum Gasteiger partial charge on any atom is 0.235 e. The smallest absolute Gasteiger partial charge is 0.235 e. The second-order valence-electron chi connectivity index (χ2n) is 21.4. The Bertz CT molecular complexity index is 5140. The zero-order chi connectivity index (χ0) is 53.8. The first-order valence-corrected chi connectivity index (χ1v) is 28.0. The van der Waals surface area contributed by atoms with E-state index in [1.54, 1.807) is 0 Å². The van der Waals surface area contributed by atoms with Crippen LogP contribution in [0.25, 0.3) is 155 Å². The van der Waals surface area contributed by atoms with Crippen molar-refractivity contribution in [1.82, 2.24) is 28.2 Å². The summed E-state index contributed by atoms with van der Waals surface area (Å²) in [7, 11) is 0. The van der Waals surface area contributed by atoms with E-state index in [2.05, 4.69) is 309 Å². The Morgan fingerprint density at radius 2 is 0.512 bits per heavy atom. The molecule has 0 saturated carbocycles. The van der Waals surface area contributed by atoms with Gasteiger partial charge in [0.15, 0.2) is 0 Å². The molecular formula is C76H48N6. The molecular weight excluding hydrogens is 997 g/mol. The molecule has 6 nitrogen and oxygen atoms in total. The monoisotopic (exact) mass is 1040 g/mol. The molecule has 17 rings (SSSR count). The lowest BCUT2D eigenvalue weighted by atomic mass is 9.98. The molecule has 17 aromatic rings. The van der Waals surface area contributed by atoms with Crippen LogP contribution in [0.5, 0.6) is 0 Å². The topological polar surface area (TPSA) is 45.5 Å². The van der Waals surface area contributed by atoms with Crippen LogP contribution in [0, 0.1) is 0 Å². The molecule has 0 saturated heterocycles. The summed E-state index contributed by atoms with van der Waals surface area (Å²) in [5.41, 5.74) is 20.6. The Balaban J connectivity index is 0.921. The van der Waals surface area contributed by atoms with Crippen molar-refractivity contribution in [2.45, 2.75) is 0 Å². The Labute approximate surface area is 471 Å². The molecule has 5 heterocycles. The molecule has 6 heteroatoms. The third-order valence-corrected chi connectivity index (χ3v) is 16.7. The normalized spacial score (nSPS) is 11.9. The molecule has 0 aliphatic carbocycles. The van der Waals surface area contributed by atoms with Gasteiger partial charge in [-0.3, -0.25) is 4.57 Å². The van der Waals surface area contributed by atoms with Gasteiger partial charge in [-0.1, -0.05) is 182 Å². The maximum atomic E-state index is 5.69. The SMILES string of the molecule is c1ccc(-c2cc(-c3ccccc3)cc(-n3c4ccccc4c4cc5c(cc43)c3ccccc3n5-c3nc(-c4ccc5c(c4)c4ccccc4n5-c4ccccc4)cc(-c4ccc5c(c4)c4ccccc4n5-c4ccccc4)n3)c2)cc1. The minimum Gasteiger partial charge on any atom is -0.309 e. The van der Waals surface area contributed by atoms with E-state index >= 15 is 0 Å². The van der Waals surface area contributed by atoms with Gasteiger partial charge in [-0.15, -0.1) is 0 Å². The van der Waals surface area contributed by atoms with Gasteiger partial charge < -0.3 is 13.7 Å². The van der Waals surface area contributed by atoms with E-state index in [-0.39, 0.29) is 0 Å². The molecule has 0 unspecified atom stereocenters. The van der Waals surface area contributed by atoms with Gasteiger partial charge in [-0.2, -0.15) is 0 Å². The summed E-state index contributed by atoms with van der Waals surface area (Å²) in [4.78, 5) is 11.4. The fraction of sp³-hybridized carbons (Fsp3) is 0. The summed E-state index contributed by atoms with van der Waals surface area (Å²) in [6.45, 7) is 0. The number of hydrogen-bond donors (Lipinski definition) is 0. The Hall–Kier alpha value is -11.1. The average Bonchev–Trinajstić information content (AvgIpc) is 4.43. The van der Waals surface area contributed by atoms with E-state index in [1.165, 1.54) is 27.3 Å². The number of hydrogen-bond acceptors (Lipinski definition) is 2. The maximum absolute atomic E-state index is 5.69. The third kappa shape index (κ3) is 7.15. The van der Waals surface area contributed by atoms with E-state index in [0.717, 1.165) is 122 Å². The first kappa shape index (κ1) is 45.9. The zero-order valence-corrected chi connectivity index (χ0v) is 44.4. The molecule has 5 aromatic heterocycles. The zero-order valence-electron chi connectivity index (χ0n) is 44.4. The van der Waals surface area contributed by atoms with Crippen LogP contribution in [0.15, 0.2) is 291 Å². The minimum atomic E-state index is 0.600. The Morgan fingerprint density at radius 1 is 0.183 bits per heavy atom. The first-order chi connectivity index (χ1) is 40.7. The Kier molecular flexibility index (Phi) is 10.2. The van der Waals surface area contributed by atoms with Crippen LogP contribution in [0.2, 0.25) is 0 Å². The third-order valence-electron chi connectivity index (χ3n) is 16.7. The highest BCUT2D eigenvalue weighted by Gasteiger charge is 2.23. The van der Waals surface area contributed by atoms with Crippen LogP contribution in [-0.2, 0) is 0 Å². The van der Waals surface area contributed by atoms with Crippen molar-refractivity contribution in [3.63, 3.8) is 0 Å². The molecule has 0 radical (unpaired) electrons. The summed E-state index contributed by atoms with van der Waals surface area (Å²) in [5.74, 6) is 0.600.